The van der Waals surface area contributed by atoms with E-state index in [-0.39, 0.29) is 0 Å². The second-order valence-electron chi connectivity index (χ2n) is 5.81. The molecule has 1 aromatic carbocycles. The van der Waals surface area contributed by atoms with Gasteiger partial charge in [0, 0.05) is 6.04 Å². The molecule has 1 unspecified atom stereocenters. The molecule has 1 fully saturated rings. The van der Waals surface area contributed by atoms with E-state index in [4.69, 9.17) is 4.74 Å². The van der Waals surface area contributed by atoms with Gasteiger partial charge in [-0.3, -0.25) is 0 Å². The molecule has 0 radical (unpaired) electrons. The molecule has 2 rings (SSSR count). The molecular formula is C17H27NO. The zero-order chi connectivity index (χ0) is 13.5. The van der Waals surface area contributed by atoms with Crippen molar-refractivity contribution in [1.82, 2.24) is 5.32 Å². The first-order valence-corrected chi connectivity index (χ1v) is 7.65. The lowest BCUT2D eigenvalue weighted by Gasteiger charge is -2.17. The van der Waals surface area contributed by atoms with Gasteiger partial charge in [-0.2, -0.15) is 0 Å². The van der Waals surface area contributed by atoms with E-state index in [0.717, 1.165) is 24.6 Å². The van der Waals surface area contributed by atoms with Gasteiger partial charge >= 0.3 is 0 Å². The van der Waals surface area contributed by atoms with E-state index in [1.54, 1.807) is 7.11 Å². The molecular weight excluding hydrogens is 234 g/mol. The number of methoxy groups -OCH3 is 1. The molecule has 0 aromatic heterocycles. The summed E-state index contributed by atoms with van der Waals surface area (Å²) in [6.07, 6.45) is 8.17. The van der Waals surface area contributed by atoms with Crippen molar-refractivity contribution in [2.45, 2.75) is 51.5 Å². The third kappa shape index (κ3) is 4.54. The normalized spacial score (nSPS) is 17.6. The van der Waals surface area contributed by atoms with Crippen LogP contribution in [0.15, 0.2) is 24.3 Å². The fraction of sp³-hybridized carbons (Fsp3) is 0.647. The van der Waals surface area contributed by atoms with E-state index in [9.17, 15) is 0 Å². The first-order valence-electron chi connectivity index (χ1n) is 7.65. The highest BCUT2D eigenvalue weighted by atomic mass is 16.5. The van der Waals surface area contributed by atoms with Crippen LogP contribution in [0.2, 0.25) is 0 Å². The Morgan fingerprint density at radius 1 is 1.26 bits per heavy atom. The van der Waals surface area contributed by atoms with Gasteiger partial charge in [-0.25, -0.2) is 0 Å². The minimum absolute atomic E-state index is 0.512. The Morgan fingerprint density at radius 3 is 2.74 bits per heavy atom. The number of benzene rings is 1. The average molecular weight is 261 g/mol. The van der Waals surface area contributed by atoms with E-state index >= 15 is 0 Å². The van der Waals surface area contributed by atoms with Crippen molar-refractivity contribution in [1.29, 1.82) is 0 Å². The maximum absolute atomic E-state index is 5.40. The summed E-state index contributed by atoms with van der Waals surface area (Å²) in [5.74, 6) is 1.98. The summed E-state index contributed by atoms with van der Waals surface area (Å²) in [4.78, 5) is 0. The van der Waals surface area contributed by atoms with Crippen LogP contribution in [0.3, 0.4) is 0 Å². The van der Waals surface area contributed by atoms with Gasteiger partial charge in [0.1, 0.15) is 5.75 Å². The van der Waals surface area contributed by atoms with Gasteiger partial charge in [-0.05, 0) is 43.9 Å². The Kier molecular flexibility index (Phi) is 5.71. The molecule has 106 valence electrons. The molecule has 19 heavy (non-hydrogen) atoms. The average Bonchev–Trinajstić information content (AvgIpc) is 2.92. The molecule has 0 amide bonds. The molecule has 1 aliphatic rings. The maximum Gasteiger partial charge on any atom is 0.122 e. The molecule has 0 bridgehead atoms. The van der Waals surface area contributed by atoms with Crippen LogP contribution in [0, 0.1) is 5.92 Å². The monoisotopic (exact) mass is 261 g/mol. The van der Waals surface area contributed by atoms with Crippen molar-refractivity contribution in [2.24, 2.45) is 5.92 Å². The van der Waals surface area contributed by atoms with Crippen LogP contribution in [0.25, 0.3) is 0 Å². The zero-order valence-corrected chi connectivity index (χ0v) is 12.3. The number of nitrogens with one attached hydrogen (secondary N) is 1. The van der Waals surface area contributed by atoms with E-state index < -0.39 is 0 Å². The number of hydrogen-bond donors (Lipinski definition) is 1. The number of hydrogen-bond acceptors (Lipinski definition) is 2. The summed E-state index contributed by atoms with van der Waals surface area (Å²) in [5, 5.41) is 3.65. The highest BCUT2D eigenvalue weighted by Gasteiger charge is 2.14. The standard InChI is InChI=1S/C17H27NO/c1-14(18-12-11-15-7-3-4-8-15)13-16-9-5-6-10-17(16)19-2/h5-6,9-10,14-15,18H,3-4,7-8,11-13H2,1-2H3. The predicted octanol–water partition coefficient (Wildman–Crippen LogP) is 3.80. The molecule has 0 heterocycles. The van der Waals surface area contributed by atoms with Crippen molar-refractivity contribution in [3.05, 3.63) is 29.8 Å². The van der Waals surface area contributed by atoms with Crippen LogP contribution in [-0.4, -0.2) is 19.7 Å². The summed E-state index contributed by atoms with van der Waals surface area (Å²) in [7, 11) is 1.75. The molecule has 2 heteroatoms. The molecule has 0 spiro atoms. The van der Waals surface area contributed by atoms with Crippen molar-refractivity contribution in [3.63, 3.8) is 0 Å². The molecule has 1 aromatic rings. The van der Waals surface area contributed by atoms with Gasteiger partial charge in [0.05, 0.1) is 7.11 Å². The van der Waals surface area contributed by atoms with Gasteiger partial charge in [0.25, 0.3) is 0 Å². The van der Waals surface area contributed by atoms with Crippen molar-refractivity contribution < 1.29 is 4.74 Å². The van der Waals surface area contributed by atoms with Gasteiger partial charge in [0.15, 0.2) is 0 Å². The van der Waals surface area contributed by atoms with Gasteiger partial charge in [0.2, 0.25) is 0 Å². The second-order valence-corrected chi connectivity index (χ2v) is 5.81. The first kappa shape index (κ1) is 14.4. The van der Waals surface area contributed by atoms with E-state index in [0.29, 0.717) is 6.04 Å². The molecule has 1 saturated carbocycles. The first-order chi connectivity index (χ1) is 9.29. The fourth-order valence-electron chi connectivity index (χ4n) is 3.11. The van der Waals surface area contributed by atoms with E-state index in [2.05, 4.69) is 24.4 Å². The van der Waals surface area contributed by atoms with Gasteiger partial charge in [-0.15, -0.1) is 0 Å². The summed E-state index contributed by atoms with van der Waals surface area (Å²) >= 11 is 0. The third-order valence-corrected chi connectivity index (χ3v) is 4.24. The quantitative estimate of drug-likeness (QED) is 0.806. The molecule has 2 nitrogen and oxygen atoms in total. The van der Waals surface area contributed by atoms with Crippen LogP contribution in [0.5, 0.6) is 5.75 Å². The van der Waals surface area contributed by atoms with E-state index in [1.165, 1.54) is 37.7 Å². The van der Waals surface area contributed by atoms with Crippen LogP contribution < -0.4 is 10.1 Å². The van der Waals surface area contributed by atoms with Crippen LogP contribution in [0.4, 0.5) is 0 Å². The number of ether oxygens (including phenoxy) is 1. The van der Waals surface area contributed by atoms with Crippen LogP contribution >= 0.6 is 0 Å². The molecule has 1 aliphatic carbocycles. The third-order valence-electron chi connectivity index (χ3n) is 4.24. The Balaban J connectivity index is 1.72. The smallest absolute Gasteiger partial charge is 0.122 e. The lowest BCUT2D eigenvalue weighted by Crippen LogP contribution is -2.30. The highest BCUT2D eigenvalue weighted by molar-refractivity contribution is 5.33. The lowest BCUT2D eigenvalue weighted by atomic mass is 10.0. The maximum atomic E-state index is 5.40. The Labute approximate surface area is 117 Å². The number of rotatable bonds is 7. The summed E-state index contributed by atoms with van der Waals surface area (Å²) in [6.45, 7) is 3.42. The predicted molar refractivity (Wildman–Crippen MR) is 80.7 cm³/mol. The lowest BCUT2D eigenvalue weighted by molar-refractivity contribution is 0.403. The molecule has 0 aliphatic heterocycles. The van der Waals surface area contributed by atoms with Crippen molar-refractivity contribution in [2.75, 3.05) is 13.7 Å². The van der Waals surface area contributed by atoms with E-state index in [1.807, 2.05) is 12.1 Å². The van der Waals surface area contributed by atoms with Crippen molar-refractivity contribution in [3.8, 4) is 5.75 Å². The zero-order valence-electron chi connectivity index (χ0n) is 12.3. The Bertz CT molecular complexity index is 371. The van der Waals surface area contributed by atoms with Gasteiger partial charge in [-0.1, -0.05) is 43.9 Å². The number of para-hydroxylation sites is 1. The minimum atomic E-state index is 0.512. The van der Waals surface area contributed by atoms with Crippen LogP contribution in [0.1, 0.15) is 44.6 Å². The second kappa shape index (κ2) is 7.54. The van der Waals surface area contributed by atoms with Crippen molar-refractivity contribution >= 4 is 0 Å². The minimum Gasteiger partial charge on any atom is -0.496 e. The summed E-state index contributed by atoms with van der Waals surface area (Å²) < 4.78 is 5.40. The topological polar surface area (TPSA) is 21.3 Å². The highest BCUT2D eigenvalue weighted by Crippen LogP contribution is 2.27. The Morgan fingerprint density at radius 2 is 2.00 bits per heavy atom. The molecule has 1 atom stereocenters. The molecule has 0 saturated heterocycles. The fourth-order valence-corrected chi connectivity index (χ4v) is 3.11. The van der Waals surface area contributed by atoms with Crippen LogP contribution in [-0.2, 0) is 6.42 Å². The largest absolute Gasteiger partial charge is 0.496 e. The van der Waals surface area contributed by atoms with Gasteiger partial charge < -0.3 is 10.1 Å². The summed E-state index contributed by atoms with van der Waals surface area (Å²) in [5.41, 5.74) is 1.30. The molecule has 1 N–H and O–H groups in total. The Hall–Kier alpha value is -1.02. The summed E-state index contributed by atoms with van der Waals surface area (Å²) in [6, 6.07) is 8.83. The SMILES string of the molecule is COc1ccccc1CC(C)NCCC1CCCC1.